The molecule has 0 unspecified atom stereocenters. The molecular formula is C26H25BrN2O4. The number of carbonyl (C=O) groups excluding carboxylic acids is 2. The maximum atomic E-state index is 12.6. The van der Waals surface area contributed by atoms with Gasteiger partial charge in [0.1, 0.15) is 11.5 Å². The van der Waals surface area contributed by atoms with Gasteiger partial charge in [-0.25, -0.2) is 10.2 Å². The number of hydrazone groups is 1. The number of unbranched alkanes of at least 4 members (excludes halogenated alkanes) is 1. The molecule has 0 bridgehead atoms. The van der Waals surface area contributed by atoms with Crippen molar-refractivity contribution < 1.29 is 19.1 Å². The number of hydrogen-bond donors (Lipinski definition) is 1. The standard InChI is InChI=1S/C26H25BrN2O4/c1-3-4-15-32-22-12-9-19(10-13-22)25(30)29-28-17-20-16-21(27)11-14-24(20)33-26(31)23-8-6-5-7-18(23)2/h5-14,16-17H,3-4,15H2,1-2H3,(H,29,30)/b28-17-. The molecule has 0 aliphatic carbocycles. The van der Waals surface area contributed by atoms with Gasteiger partial charge < -0.3 is 9.47 Å². The van der Waals surface area contributed by atoms with Crippen LogP contribution >= 0.6 is 15.9 Å². The largest absolute Gasteiger partial charge is 0.494 e. The van der Waals surface area contributed by atoms with Gasteiger partial charge in [0.05, 0.1) is 18.4 Å². The second kappa shape index (κ2) is 12.0. The number of nitrogens with one attached hydrogen (secondary N) is 1. The predicted octanol–water partition coefficient (Wildman–Crippen LogP) is 5.92. The van der Waals surface area contributed by atoms with Crippen LogP contribution in [-0.4, -0.2) is 24.7 Å². The Bertz CT molecular complexity index is 1140. The highest BCUT2D eigenvalue weighted by Gasteiger charge is 2.13. The predicted molar refractivity (Wildman–Crippen MR) is 132 cm³/mol. The van der Waals surface area contributed by atoms with Crippen LogP contribution in [0.2, 0.25) is 0 Å². The van der Waals surface area contributed by atoms with E-state index in [0.717, 1.165) is 28.6 Å². The summed E-state index contributed by atoms with van der Waals surface area (Å²) in [5.74, 6) is 0.228. The minimum Gasteiger partial charge on any atom is -0.494 e. The average Bonchev–Trinajstić information content (AvgIpc) is 2.81. The van der Waals surface area contributed by atoms with Crippen LogP contribution in [0.5, 0.6) is 11.5 Å². The van der Waals surface area contributed by atoms with Crippen LogP contribution < -0.4 is 14.9 Å². The van der Waals surface area contributed by atoms with Gasteiger partial charge >= 0.3 is 5.97 Å². The fourth-order valence-electron chi connectivity index (χ4n) is 2.93. The lowest BCUT2D eigenvalue weighted by molar-refractivity contribution is 0.0733. The zero-order valence-corrected chi connectivity index (χ0v) is 20.1. The number of nitrogens with zero attached hydrogens (tertiary/aromatic N) is 1. The first-order chi connectivity index (χ1) is 16.0. The molecule has 0 spiro atoms. The van der Waals surface area contributed by atoms with Crippen molar-refractivity contribution in [2.24, 2.45) is 5.10 Å². The topological polar surface area (TPSA) is 77.0 Å². The van der Waals surface area contributed by atoms with Crippen LogP contribution in [-0.2, 0) is 0 Å². The van der Waals surface area contributed by atoms with Gasteiger partial charge in [-0.05, 0) is 67.4 Å². The lowest BCUT2D eigenvalue weighted by Gasteiger charge is -2.09. The summed E-state index contributed by atoms with van der Waals surface area (Å²) >= 11 is 3.40. The van der Waals surface area contributed by atoms with E-state index in [1.165, 1.54) is 6.21 Å². The Morgan fingerprint density at radius 2 is 1.82 bits per heavy atom. The van der Waals surface area contributed by atoms with Gasteiger partial charge in [0.2, 0.25) is 0 Å². The molecule has 0 aliphatic heterocycles. The molecule has 0 heterocycles. The monoisotopic (exact) mass is 508 g/mol. The summed E-state index contributed by atoms with van der Waals surface area (Å²) < 4.78 is 12.0. The molecule has 7 heteroatoms. The van der Waals surface area contributed by atoms with E-state index in [0.29, 0.717) is 29.0 Å². The number of aryl methyl sites for hydroxylation is 1. The van der Waals surface area contributed by atoms with Gasteiger partial charge in [0.25, 0.3) is 5.91 Å². The maximum absolute atomic E-state index is 12.6. The second-order valence-electron chi connectivity index (χ2n) is 7.31. The lowest BCUT2D eigenvalue weighted by Crippen LogP contribution is -2.17. The van der Waals surface area contributed by atoms with Crippen molar-refractivity contribution in [2.45, 2.75) is 26.7 Å². The summed E-state index contributed by atoms with van der Waals surface area (Å²) in [4.78, 5) is 25.0. The highest BCUT2D eigenvalue weighted by molar-refractivity contribution is 9.10. The molecule has 3 rings (SSSR count). The quantitative estimate of drug-likeness (QED) is 0.128. The Kier molecular flexibility index (Phi) is 8.78. The third-order valence-electron chi connectivity index (χ3n) is 4.79. The van der Waals surface area contributed by atoms with Crippen LogP contribution in [0, 0.1) is 6.92 Å². The smallest absolute Gasteiger partial charge is 0.343 e. The van der Waals surface area contributed by atoms with E-state index in [-0.39, 0.29) is 5.91 Å². The molecule has 33 heavy (non-hydrogen) atoms. The fraction of sp³-hybridized carbons (Fsp3) is 0.192. The summed E-state index contributed by atoms with van der Waals surface area (Å²) in [5.41, 5.74) is 4.79. The third kappa shape index (κ3) is 7.02. The Hall–Kier alpha value is -3.45. The maximum Gasteiger partial charge on any atom is 0.343 e. The molecule has 0 radical (unpaired) electrons. The number of carbonyl (C=O) groups is 2. The summed E-state index contributed by atoms with van der Waals surface area (Å²) in [7, 11) is 0. The van der Waals surface area contributed by atoms with Gasteiger partial charge in [-0.1, -0.05) is 47.5 Å². The third-order valence-corrected chi connectivity index (χ3v) is 5.29. The molecule has 170 valence electrons. The van der Waals surface area contributed by atoms with Crippen molar-refractivity contribution in [1.82, 2.24) is 5.43 Å². The Morgan fingerprint density at radius 3 is 2.55 bits per heavy atom. The summed E-state index contributed by atoms with van der Waals surface area (Å²) in [6.07, 6.45) is 3.48. The van der Waals surface area contributed by atoms with Crippen molar-refractivity contribution in [3.63, 3.8) is 0 Å². The summed E-state index contributed by atoms with van der Waals surface area (Å²) in [6, 6.07) is 19.3. The van der Waals surface area contributed by atoms with E-state index in [2.05, 4.69) is 33.4 Å². The number of rotatable bonds is 9. The molecule has 3 aromatic rings. The van der Waals surface area contributed by atoms with Crippen LogP contribution in [0.1, 0.15) is 51.6 Å². The SMILES string of the molecule is CCCCOc1ccc(C(=O)N/N=C\c2cc(Br)ccc2OC(=O)c2ccccc2C)cc1. The molecule has 1 N–H and O–H groups in total. The summed E-state index contributed by atoms with van der Waals surface area (Å²) in [5, 5.41) is 4.03. The van der Waals surface area contributed by atoms with Crippen molar-refractivity contribution >= 4 is 34.0 Å². The highest BCUT2D eigenvalue weighted by atomic mass is 79.9. The van der Waals surface area contributed by atoms with Crippen molar-refractivity contribution in [2.75, 3.05) is 6.61 Å². The van der Waals surface area contributed by atoms with Crippen LogP contribution in [0.4, 0.5) is 0 Å². The van der Waals surface area contributed by atoms with E-state index >= 15 is 0 Å². The Morgan fingerprint density at radius 1 is 1.06 bits per heavy atom. The van der Waals surface area contributed by atoms with E-state index in [1.54, 1.807) is 54.6 Å². The zero-order chi connectivity index (χ0) is 23.6. The molecule has 0 atom stereocenters. The van der Waals surface area contributed by atoms with E-state index < -0.39 is 5.97 Å². The van der Waals surface area contributed by atoms with Crippen molar-refractivity contribution in [3.05, 3.63) is 93.5 Å². The zero-order valence-electron chi connectivity index (χ0n) is 18.5. The molecule has 0 saturated carbocycles. The first-order valence-electron chi connectivity index (χ1n) is 10.6. The number of halogens is 1. The fourth-order valence-corrected chi connectivity index (χ4v) is 3.31. The van der Waals surface area contributed by atoms with Crippen LogP contribution in [0.3, 0.4) is 0 Å². The number of hydrogen-bond acceptors (Lipinski definition) is 5. The molecule has 0 aliphatic rings. The summed E-state index contributed by atoms with van der Waals surface area (Å²) in [6.45, 7) is 4.60. The van der Waals surface area contributed by atoms with Crippen molar-refractivity contribution in [3.8, 4) is 11.5 Å². The molecule has 0 fully saturated rings. The normalized spacial score (nSPS) is 10.8. The molecular weight excluding hydrogens is 484 g/mol. The van der Waals surface area contributed by atoms with E-state index in [9.17, 15) is 9.59 Å². The van der Waals surface area contributed by atoms with Gasteiger partial charge in [-0.3, -0.25) is 4.79 Å². The van der Waals surface area contributed by atoms with Crippen molar-refractivity contribution in [1.29, 1.82) is 0 Å². The second-order valence-corrected chi connectivity index (χ2v) is 8.23. The van der Waals surface area contributed by atoms with Gasteiger partial charge in [-0.2, -0.15) is 5.10 Å². The number of benzene rings is 3. The molecule has 0 aromatic heterocycles. The lowest BCUT2D eigenvalue weighted by atomic mass is 10.1. The van der Waals surface area contributed by atoms with Crippen LogP contribution in [0.25, 0.3) is 0 Å². The number of esters is 1. The average molecular weight is 509 g/mol. The highest BCUT2D eigenvalue weighted by Crippen LogP contribution is 2.23. The molecule has 0 saturated heterocycles. The molecule has 1 amide bonds. The molecule has 6 nitrogen and oxygen atoms in total. The van der Waals surface area contributed by atoms with Crippen LogP contribution in [0.15, 0.2) is 76.3 Å². The van der Waals surface area contributed by atoms with Gasteiger partial charge in [0, 0.05) is 15.6 Å². The minimum absolute atomic E-state index is 0.332. The minimum atomic E-state index is -0.463. The first-order valence-corrected chi connectivity index (χ1v) is 11.4. The van der Waals surface area contributed by atoms with E-state index in [1.807, 2.05) is 19.1 Å². The van der Waals surface area contributed by atoms with Gasteiger partial charge in [-0.15, -0.1) is 0 Å². The number of ether oxygens (including phenoxy) is 2. The first kappa shape index (κ1) is 24.2. The Balaban J connectivity index is 1.66. The van der Waals surface area contributed by atoms with E-state index in [4.69, 9.17) is 9.47 Å². The molecule has 3 aromatic carbocycles. The number of amides is 1. The van der Waals surface area contributed by atoms with Gasteiger partial charge in [0.15, 0.2) is 0 Å². The Labute approximate surface area is 201 Å².